The summed E-state index contributed by atoms with van der Waals surface area (Å²) in [6.07, 6.45) is 1.60. The molecular weight excluding hydrogens is 207 g/mol. The Kier molecular flexibility index (Phi) is 2.25. The van der Waals surface area contributed by atoms with Crippen molar-refractivity contribution in [1.29, 1.82) is 0 Å². The molecule has 0 aliphatic rings. The second-order valence-corrected chi connectivity index (χ2v) is 3.25. The van der Waals surface area contributed by atoms with Crippen molar-refractivity contribution >= 4 is 23.2 Å². The van der Waals surface area contributed by atoms with E-state index in [0.29, 0.717) is 10.3 Å². The number of imidazole rings is 1. The van der Waals surface area contributed by atoms with E-state index in [1.54, 1.807) is 10.9 Å². The van der Waals surface area contributed by atoms with Crippen LogP contribution in [0, 0.1) is 0 Å². The lowest BCUT2D eigenvalue weighted by molar-refractivity contribution is 1.06. The van der Waals surface area contributed by atoms with Crippen molar-refractivity contribution in [2.45, 2.75) is 0 Å². The Morgan fingerprint density at radius 1 is 1.08 bits per heavy atom. The van der Waals surface area contributed by atoms with Crippen LogP contribution in [-0.2, 0) is 0 Å². The van der Waals surface area contributed by atoms with E-state index in [1.165, 1.54) is 0 Å². The second-order valence-electron chi connectivity index (χ2n) is 2.53. The molecule has 0 amide bonds. The number of hydrogen-bond donors (Lipinski definition) is 0. The van der Waals surface area contributed by atoms with E-state index in [2.05, 4.69) is 4.98 Å². The Hall–Kier alpha value is -0.990. The second kappa shape index (κ2) is 3.40. The summed E-state index contributed by atoms with van der Waals surface area (Å²) in [5.74, 6) is 0. The fourth-order valence-electron chi connectivity index (χ4n) is 1.08. The van der Waals surface area contributed by atoms with Gasteiger partial charge in [-0.2, -0.15) is 0 Å². The van der Waals surface area contributed by atoms with Gasteiger partial charge in [0.2, 0.25) is 0 Å². The summed E-state index contributed by atoms with van der Waals surface area (Å²) >= 11 is 11.6. The van der Waals surface area contributed by atoms with Gasteiger partial charge in [0.05, 0.1) is 0 Å². The molecule has 2 aromatic rings. The molecular formula is C9H6Cl2N2. The van der Waals surface area contributed by atoms with E-state index < -0.39 is 0 Å². The van der Waals surface area contributed by atoms with Crippen LogP contribution in [0.25, 0.3) is 5.69 Å². The monoisotopic (exact) mass is 212 g/mol. The van der Waals surface area contributed by atoms with Crippen LogP contribution in [0.2, 0.25) is 10.3 Å². The zero-order chi connectivity index (χ0) is 9.26. The molecule has 0 spiro atoms. The average molecular weight is 213 g/mol. The molecule has 2 rings (SSSR count). The SMILES string of the molecule is Clc1ncn(-c2ccccc2)c1Cl. The van der Waals surface area contributed by atoms with Crippen LogP contribution in [0.1, 0.15) is 0 Å². The van der Waals surface area contributed by atoms with E-state index in [0.717, 1.165) is 5.69 Å². The standard InChI is InChI=1S/C9H6Cl2N2/c10-8-9(11)13(6-12-8)7-4-2-1-3-5-7/h1-6H. The summed E-state index contributed by atoms with van der Waals surface area (Å²) in [6.45, 7) is 0. The molecule has 13 heavy (non-hydrogen) atoms. The van der Waals surface area contributed by atoms with Gasteiger partial charge in [0, 0.05) is 5.69 Å². The van der Waals surface area contributed by atoms with Crippen LogP contribution >= 0.6 is 23.2 Å². The molecule has 4 heteroatoms. The average Bonchev–Trinajstić information content (AvgIpc) is 2.49. The number of rotatable bonds is 1. The van der Waals surface area contributed by atoms with E-state index in [1.807, 2.05) is 30.3 Å². The molecule has 0 saturated carbocycles. The van der Waals surface area contributed by atoms with Crippen molar-refractivity contribution in [2.24, 2.45) is 0 Å². The number of nitrogens with zero attached hydrogens (tertiary/aromatic N) is 2. The topological polar surface area (TPSA) is 17.8 Å². The molecule has 0 unspecified atom stereocenters. The Morgan fingerprint density at radius 3 is 2.31 bits per heavy atom. The van der Waals surface area contributed by atoms with Crippen molar-refractivity contribution in [1.82, 2.24) is 9.55 Å². The highest BCUT2D eigenvalue weighted by Gasteiger charge is 2.06. The van der Waals surface area contributed by atoms with Gasteiger partial charge in [-0.1, -0.05) is 41.4 Å². The molecule has 0 N–H and O–H groups in total. The summed E-state index contributed by atoms with van der Waals surface area (Å²) in [5.41, 5.74) is 0.951. The van der Waals surface area contributed by atoms with E-state index in [9.17, 15) is 0 Å². The molecule has 0 aliphatic carbocycles. The Morgan fingerprint density at radius 2 is 1.77 bits per heavy atom. The lowest BCUT2D eigenvalue weighted by atomic mass is 10.3. The maximum absolute atomic E-state index is 5.91. The predicted octanol–water partition coefficient (Wildman–Crippen LogP) is 3.18. The van der Waals surface area contributed by atoms with Crippen LogP contribution in [0.3, 0.4) is 0 Å². The van der Waals surface area contributed by atoms with Gasteiger partial charge in [0.15, 0.2) is 10.3 Å². The smallest absolute Gasteiger partial charge is 0.166 e. The lowest BCUT2D eigenvalue weighted by Gasteiger charge is -2.01. The minimum Gasteiger partial charge on any atom is -0.288 e. The summed E-state index contributed by atoms with van der Waals surface area (Å²) in [4.78, 5) is 3.89. The van der Waals surface area contributed by atoms with Crippen molar-refractivity contribution in [2.75, 3.05) is 0 Å². The lowest BCUT2D eigenvalue weighted by Crippen LogP contribution is -1.90. The van der Waals surface area contributed by atoms with Crippen LogP contribution in [0.5, 0.6) is 0 Å². The summed E-state index contributed by atoms with van der Waals surface area (Å²) in [7, 11) is 0. The third kappa shape index (κ3) is 1.55. The minimum absolute atomic E-state index is 0.325. The van der Waals surface area contributed by atoms with Gasteiger partial charge in [0.25, 0.3) is 0 Å². The third-order valence-corrected chi connectivity index (χ3v) is 2.44. The molecule has 0 aliphatic heterocycles. The first kappa shape index (κ1) is 8.60. The zero-order valence-corrected chi connectivity index (χ0v) is 8.13. The summed E-state index contributed by atoms with van der Waals surface area (Å²) in [5, 5.41) is 0.762. The van der Waals surface area contributed by atoms with Crippen LogP contribution in [0.4, 0.5) is 0 Å². The molecule has 1 aromatic heterocycles. The minimum atomic E-state index is 0.325. The maximum Gasteiger partial charge on any atom is 0.166 e. The summed E-state index contributed by atoms with van der Waals surface area (Å²) in [6, 6.07) is 9.67. The van der Waals surface area contributed by atoms with E-state index in [-0.39, 0.29) is 0 Å². The van der Waals surface area contributed by atoms with Gasteiger partial charge in [0.1, 0.15) is 6.33 Å². The van der Waals surface area contributed by atoms with Crippen molar-refractivity contribution < 1.29 is 0 Å². The van der Waals surface area contributed by atoms with Gasteiger partial charge in [-0.15, -0.1) is 0 Å². The zero-order valence-electron chi connectivity index (χ0n) is 6.61. The fourth-order valence-corrected chi connectivity index (χ4v) is 1.41. The molecule has 0 radical (unpaired) electrons. The third-order valence-electron chi connectivity index (χ3n) is 1.70. The number of aromatic nitrogens is 2. The van der Waals surface area contributed by atoms with Crippen LogP contribution in [0.15, 0.2) is 36.7 Å². The maximum atomic E-state index is 5.91. The highest BCUT2D eigenvalue weighted by atomic mass is 35.5. The number of para-hydroxylation sites is 1. The van der Waals surface area contributed by atoms with E-state index >= 15 is 0 Å². The Labute approximate surface area is 85.7 Å². The normalized spacial score (nSPS) is 10.3. The molecule has 1 heterocycles. The molecule has 66 valence electrons. The molecule has 0 bridgehead atoms. The quantitative estimate of drug-likeness (QED) is 0.711. The Bertz CT molecular complexity index is 409. The van der Waals surface area contributed by atoms with Crippen molar-refractivity contribution in [3.05, 3.63) is 47.0 Å². The predicted molar refractivity (Wildman–Crippen MR) is 53.6 cm³/mol. The first-order valence-electron chi connectivity index (χ1n) is 3.73. The van der Waals surface area contributed by atoms with Crippen LogP contribution in [-0.4, -0.2) is 9.55 Å². The van der Waals surface area contributed by atoms with Crippen molar-refractivity contribution in [3.8, 4) is 5.69 Å². The van der Waals surface area contributed by atoms with Crippen molar-refractivity contribution in [3.63, 3.8) is 0 Å². The first-order chi connectivity index (χ1) is 6.29. The van der Waals surface area contributed by atoms with Crippen LogP contribution < -0.4 is 0 Å². The van der Waals surface area contributed by atoms with Gasteiger partial charge in [-0.25, -0.2) is 4.98 Å². The summed E-state index contributed by atoms with van der Waals surface area (Å²) < 4.78 is 1.73. The van der Waals surface area contributed by atoms with Gasteiger partial charge in [-0.3, -0.25) is 4.57 Å². The molecule has 0 saturated heterocycles. The number of halogens is 2. The van der Waals surface area contributed by atoms with Gasteiger partial charge >= 0.3 is 0 Å². The first-order valence-corrected chi connectivity index (χ1v) is 4.48. The number of hydrogen-bond acceptors (Lipinski definition) is 1. The number of benzene rings is 1. The Balaban J connectivity index is 2.53. The molecule has 1 aromatic carbocycles. The highest BCUT2D eigenvalue weighted by molar-refractivity contribution is 6.40. The van der Waals surface area contributed by atoms with E-state index in [4.69, 9.17) is 23.2 Å². The molecule has 0 atom stereocenters. The largest absolute Gasteiger partial charge is 0.288 e. The highest BCUT2D eigenvalue weighted by Crippen LogP contribution is 2.22. The molecule has 0 fully saturated rings. The van der Waals surface area contributed by atoms with Gasteiger partial charge < -0.3 is 0 Å². The fraction of sp³-hybridized carbons (Fsp3) is 0. The van der Waals surface area contributed by atoms with Gasteiger partial charge in [-0.05, 0) is 12.1 Å². The molecule has 2 nitrogen and oxygen atoms in total.